The van der Waals surface area contributed by atoms with E-state index in [-0.39, 0.29) is 6.04 Å². The number of nitrogens with zero attached hydrogens (tertiary/aromatic N) is 2. The highest BCUT2D eigenvalue weighted by Gasteiger charge is 2.28. The predicted molar refractivity (Wildman–Crippen MR) is 61.8 cm³/mol. The molecule has 1 heterocycles. The molecule has 0 saturated heterocycles. The van der Waals surface area contributed by atoms with Crippen LogP contribution in [0, 0.1) is 5.92 Å². The van der Waals surface area contributed by atoms with Crippen molar-refractivity contribution in [3.8, 4) is 0 Å². The normalized spacial score (nSPS) is 19.1. The summed E-state index contributed by atoms with van der Waals surface area (Å²) in [5.41, 5.74) is 0. The summed E-state index contributed by atoms with van der Waals surface area (Å²) in [6, 6.07) is -0.141. The van der Waals surface area contributed by atoms with Crippen LogP contribution in [-0.2, 0) is 4.79 Å². The van der Waals surface area contributed by atoms with Crippen LogP contribution in [0.25, 0.3) is 0 Å². The van der Waals surface area contributed by atoms with Gasteiger partial charge in [0.25, 0.3) is 0 Å². The van der Waals surface area contributed by atoms with Gasteiger partial charge in [0.15, 0.2) is 0 Å². The minimum absolute atomic E-state index is 0.141. The van der Waals surface area contributed by atoms with Crippen LogP contribution in [0.15, 0.2) is 0 Å². The second-order valence-corrected chi connectivity index (χ2v) is 5.04. The molecule has 1 saturated carbocycles. The summed E-state index contributed by atoms with van der Waals surface area (Å²) in [5.74, 6) is 0.210. The molecule has 2 atom stereocenters. The Labute approximate surface area is 98.1 Å². The number of anilines is 1. The number of carbonyl (C=O) groups is 1. The average Bonchev–Trinajstić information content (AvgIpc) is 2.99. The lowest BCUT2D eigenvalue weighted by Gasteiger charge is -2.16. The molecule has 2 N–H and O–H groups in total. The van der Waals surface area contributed by atoms with Crippen molar-refractivity contribution in [1.82, 2.24) is 9.36 Å². The molecule has 0 bridgehead atoms. The Balaban J connectivity index is 1.94. The minimum atomic E-state index is -0.799. The maximum Gasteiger partial charge on any atom is 0.308 e. The van der Waals surface area contributed by atoms with Gasteiger partial charge in [-0.25, -0.2) is 4.98 Å². The summed E-state index contributed by atoms with van der Waals surface area (Å²) in [7, 11) is 0. The first kappa shape index (κ1) is 11.3. The Morgan fingerprint density at radius 3 is 2.81 bits per heavy atom. The van der Waals surface area contributed by atoms with Crippen molar-refractivity contribution < 1.29 is 9.90 Å². The molecule has 2 unspecified atom stereocenters. The van der Waals surface area contributed by atoms with Gasteiger partial charge in [-0.2, -0.15) is 4.37 Å². The zero-order valence-corrected chi connectivity index (χ0v) is 10.1. The van der Waals surface area contributed by atoms with Gasteiger partial charge in [0.1, 0.15) is 5.82 Å². The number of rotatable bonds is 5. The maximum atomic E-state index is 10.8. The van der Waals surface area contributed by atoms with Gasteiger partial charge < -0.3 is 10.4 Å². The molecule has 88 valence electrons. The zero-order chi connectivity index (χ0) is 11.7. The molecule has 0 aliphatic heterocycles. The Hall–Kier alpha value is -1.17. The van der Waals surface area contributed by atoms with Crippen LogP contribution in [0.1, 0.15) is 38.4 Å². The van der Waals surface area contributed by atoms with Crippen molar-refractivity contribution >= 4 is 22.6 Å². The Kier molecular flexibility index (Phi) is 3.09. The fourth-order valence-electron chi connectivity index (χ4n) is 1.33. The van der Waals surface area contributed by atoms with Crippen LogP contribution in [0.3, 0.4) is 0 Å². The first-order valence-corrected chi connectivity index (χ1v) is 6.18. The third-order valence-corrected chi connectivity index (χ3v) is 3.54. The summed E-state index contributed by atoms with van der Waals surface area (Å²) in [6.45, 7) is 3.53. The maximum absolute atomic E-state index is 10.8. The smallest absolute Gasteiger partial charge is 0.308 e. The van der Waals surface area contributed by atoms with E-state index in [0.717, 1.165) is 11.0 Å². The molecule has 1 aromatic rings. The van der Waals surface area contributed by atoms with Crippen LogP contribution in [0.5, 0.6) is 0 Å². The van der Waals surface area contributed by atoms with Gasteiger partial charge in [-0.05, 0) is 26.7 Å². The number of carboxylic acid groups (broad SMARTS) is 1. The van der Waals surface area contributed by atoms with Gasteiger partial charge in [0.05, 0.1) is 5.92 Å². The van der Waals surface area contributed by atoms with Gasteiger partial charge in [0.2, 0.25) is 5.13 Å². The summed E-state index contributed by atoms with van der Waals surface area (Å²) in [5, 5.41) is 12.7. The van der Waals surface area contributed by atoms with Crippen molar-refractivity contribution in [2.75, 3.05) is 5.32 Å². The van der Waals surface area contributed by atoms with Gasteiger partial charge in [-0.1, -0.05) is 0 Å². The van der Waals surface area contributed by atoms with E-state index in [1.807, 2.05) is 6.92 Å². The fraction of sp³-hybridized carbons (Fsp3) is 0.700. The first-order chi connectivity index (χ1) is 7.58. The molecule has 0 spiro atoms. The van der Waals surface area contributed by atoms with Gasteiger partial charge >= 0.3 is 5.97 Å². The van der Waals surface area contributed by atoms with Gasteiger partial charge in [-0.3, -0.25) is 4.79 Å². The molecule has 0 aromatic carbocycles. The van der Waals surface area contributed by atoms with Crippen molar-refractivity contribution in [2.24, 2.45) is 5.92 Å². The van der Waals surface area contributed by atoms with Crippen LogP contribution in [0.4, 0.5) is 5.13 Å². The Morgan fingerprint density at radius 1 is 1.56 bits per heavy atom. The summed E-state index contributed by atoms with van der Waals surface area (Å²) >= 11 is 1.31. The van der Waals surface area contributed by atoms with Crippen molar-refractivity contribution in [3.05, 3.63) is 5.82 Å². The van der Waals surface area contributed by atoms with E-state index in [1.54, 1.807) is 6.92 Å². The minimum Gasteiger partial charge on any atom is -0.481 e. The molecule has 1 aliphatic carbocycles. The standard InChI is InChI=1S/C10H15N3O2S/c1-5(9(14)15)6(2)11-10-12-8(13-16-10)7-3-4-7/h5-7H,3-4H2,1-2H3,(H,14,15)(H,11,12,13). The first-order valence-electron chi connectivity index (χ1n) is 5.41. The van der Waals surface area contributed by atoms with E-state index in [9.17, 15) is 4.79 Å². The molecule has 6 heteroatoms. The third kappa shape index (κ3) is 2.49. The van der Waals surface area contributed by atoms with Crippen molar-refractivity contribution in [2.45, 2.75) is 38.6 Å². The van der Waals surface area contributed by atoms with Crippen LogP contribution >= 0.6 is 11.5 Å². The lowest BCUT2D eigenvalue weighted by Crippen LogP contribution is -2.29. The highest BCUT2D eigenvalue weighted by molar-refractivity contribution is 7.09. The molecule has 1 aromatic heterocycles. The molecule has 2 rings (SSSR count). The van der Waals surface area contributed by atoms with E-state index in [4.69, 9.17) is 5.11 Å². The van der Waals surface area contributed by atoms with E-state index < -0.39 is 11.9 Å². The third-order valence-electron chi connectivity index (χ3n) is 2.87. The quantitative estimate of drug-likeness (QED) is 0.824. The number of hydrogen-bond acceptors (Lipinski definition) is 5. The topological polar surface area (TPSA) is 75.1 Å². The molecular formula is C10H15N3O2S. The molecule has 16 heavy (non-hydrogen) atoms. The van der Waals surface area contributed by atoms with Gasteiger partial charge in [-0.15, -0.1) is 0 Å². The largest absolute Gasteiger partial charge is 0.481 e. The van der Waals surface area contributed by atoms with Gasteiger partial charge in [0, 0.05) is 23.5 Å². The Bertz CT molecular complexity index is 389. The molecule has 1 fully saturated rings. The fourth-order valence-corrected chi connectivity index (χ4v) is 2.08. The summed E-state index contributed by atoms with van der Waals surface area (Å²) in [4.78, 5) is 15.1. The Morgan fingerprint density at radius 2 is 2.25 bits per heavy atom. The number of aromatic nitrogens is 2. The lowest BCUT2D eigenvalue weighted by atomic mass is 10.1. The average molecular weight is 241 g/mol. The summed E-state index contributed by atoms with van der Waals surface area (Å²) in [6.07, 6.45) is 2.36. The van der Waals surface area contributed by atoms with E-state index in [1.165, 1.54) is 24.4 Å². The molecule has 5 nitrogen and oxygen atoms in total. The SMILES string of the molecule is CC(Nc1nc(C2CC2)ns1)C(C)C(=O)O. The van der Waals surface area contributed by atoms with Crippen LogP contribution < -0.4 is 5.32 Å². The van der Waals surface area contributed by atoms with Crippen LogP contribution in [-0.4, -0.2) is 26.5 Å². The number of nitrogens with one attached hydrogen (secondary N) is 1. The predicted octanol–water partition coefficient (Wildman–Crippen LogP) is 1.94. The molecule has 0 amide bonds. The number of aliphatic carboxylic acids is 1. The van der Waals surface area contributed by atoms with E-state index in [2.05, 4.69) is 14.7 Å². The monoisotopic (exact) mass is 241 g/mol. The highest BCUT2D eigenvalue weighted by atomic mass is 32.1. The van der Waals surface area contributed by atoms with Crippen molar-refractivity contribution in [3.63, 3.8) is 0 Å². The zero-order valence-electron chi connectivity index (χ0n) is 9.30. The second kappa shape index (κ2) is 4.37. The van der Waals surface area contributed by atoms with E-state index in [0.29, 0.717) is 5.92 Å². The lowest BCUT2D eigenvalue weighted by molar-refractivity contribution is -0.141. The highest BCUT2D eigenvalue weighted by Crippen LogP contribution is 2.39. The second-order valence-electron chi connectivity index (χ2n) is 4.29. The number of carboxylic acids is 1. The molecule has 1 aliphatic rings. The number of hydrogen-bond donors (Lipinski definition) is 2. The van der Waals surface area contributed by atoms with Crippen molar-refractivity contribution in [1.29, 1.82) is 0 Å². The van der Waals surface area contributed by atoms with Crippen LogP contribution in [0.2, 0.25) is 0 Å². The molecular weight excluding hydrogens is 226 g/mol. The van der Waals surface area contributed by atoms with E-state index >= 15 is 0 Å². The molecule has 0 radical (unpaired) electrons. The summed E-state index contributed by atoms with van der Waals surface area (Å²) < 4.78 is 4.26.